The van der Waals surface area contributed by atoms with Crippen LogP contribution in [0.2, 0.25) is 0 Å². The van der Waals surface area contributed by atoms with Crippen molar-refractivity contribution in [3.63, 3.8) is 0 Å². The van der Waals surface area contributed by atoms with Crippen molar-refractivity contribution in [1.29, 1.82) is 0 Å². The smallest absolute Gasteiger partial charge is 0.160 e. The molecule has 0 N–H and O–H groups in total. The van der Waals surface area contributed by atoms with Crippen molar-refractivity contribution < 1.29 is 14.4 Å². The summed E-state index contributed by atoms with van der Waals surface area (Å²) in [6.07, 6.45) is 1.43. The predicted molar refractivity (Wildman–Crippen MR) is 111 cm³/mol. The molecule has 152 valence electrons. The fourth-order valence-electron chi connectivity index (χ4n) is 3.42. The van der Waals surface area contributed by atoms with Crippen LogP contribution in [0.1, 0.15) is 89.0 Å². The molecule has 0 aliphatic heterocycles. The maximum absolute atomic E-state index is 12.4. The van der Waals surface area contributed by atoms with Crippen molar-refractivity contribution in [1.82, 2.24) is 0 Å². The SMILES string of the molecule is C=C(C)C(=O)C(C)C.CCC(C)(CC(C)(C)C(=O)C(C)C)C(=O)C(C)C. The van der Waals surface area contributed by atoms with Crippen LogP contribution in [-0.2, 0) is 14.4 Å². The van der Waals surface area contributed by atoms with Gasteiger partial charge in [-0.05, 0) is 25.3 Å². The molecule has 1 unspecified atom stereocenters. The lowest BCUT2D eigenvalue weighted by molar-refractivity contribution is -0.138. The van der Waals surface area contributed by atoms with Gasteiger partial charge in [-0.15, -0.1) is 0 Å². The number of hydrogen-bond donors (Lipinski definition) is 0. The minimum atomic E-state index is -0.427. The molecule has 0 saturated heterocycles. The van der Waals surface area contributed by atoms with Crippen molar-refractivity contribution in [2.75, 3.05) is 0 Å². The zero-order chi connectivity index (χ0) is 21.5. The topological polar surface area (TPSA) is 51.2 Å². The van der Waals surface area contributed by atoms with Gasteiger partial charge in [-0.25, -0.2) is 0 Å². The van der Waals surface area contributed by atoms with Gasteiger partial charge < -0.3 is 0 Å². The van der Waals surface area contributed by atoms with Crippen LogP contribution in [0.25, 0.3) is 0 Å². The van der Waals surface area contributed by atoms with E-state index in [0.717, 1.165) is 6.42 Å². The second-order valence-electron chi connectivity index (χ2n) is 9.31. The van der Waals surface area contributed by atoms with E-state index in [1.807, 2.05) is 69.2 Å². The Morgan fingerprint density at radius 3 is 1.38 bits per heavy atom. The minimum Gasteiger partial charge on any atom is -0.299 e. The average molecular weight is 367 g/mol. The molecule has 0 bridgehead atoms. The number of Topliss-reactive ketones (excluding diaryl/α,β-unsaturated/α-hetero) is 3. The Hall–Kier alpha value is -1.25. The summed E-state index contributed by atoms with van der Waals surface area (Å²) in [6.45, 7) is 24.7. The molecule has 26 heavy (non-hydrogen) atoms. The predicted octanol–water partition coefficient (Wildman–Crippen LogP) is 6.06. The molecule has 3 heteroatoms. The molecule has 0 radical (unpaired) electrons. The number of allylic oxidation sites excluding steroid dienone is 1. The lowest BCUT2D eigenvalue weighted by Crippen LogP contribution is -2.40. The van der Waals surface area contributed by atoms with E-state index in [1.54, 1.807) is 6.92 Å². The zero-order valence-electron chi connectivity index (χ0n) is 19.1. The Morgan fingerprint density at radius 1 is 0.808 bits per heavy atom. The van der Waals surface area contributed by atoms with Crippen LogP contribution in [0.15, 0.2) is 12.2 Å². The number of carbonyl (C=O) groups is 3. The first-order valence-corrected chi connectivity index (χ1v) is 9.81. The Morgan fingerprint density at radius 2 is 1.19 bits per heavy atom. The van der Waals surface area contributed by atoms with Gasteiger partial charge in [0.15, 0.2) is 5.78 Å². The first kappa shape index (κ1) is 27.0. The molecule has 0 aliphatic rings. The molecule has 0 aromatic heterocycles. The second kappa shape index (κ2) is 10.8. The summed E-state index contributed by atoms with van der Waals surface area (Å²) in [5.74, 6) is 0.834. The summed E-state index contributed by atoms with van der Waals surface area (Å²) in [7, 11) is 0. The highest BCUT2D eigenvalue weighted by Gasteiger charge is 2.41. The largest absolute Gasteiger partial charge is 0.299 e. The Labute approximate surface area is 162 Å². The van der Waals surface area contributed by atoms with E-state index in [9.17, 15) is 14.4 Å². The molecular weight excluding hydrogens is 324 g/mol. The number of ketones is 3. The number of rotatable bonds is 9. The highest BCUT2D eigenvalue weighted by Crippen LogP contribution is 2.40. The number of carbonyl (C=O) groups excluding carboxylic acids is 3. The minimum absolute atomic E-state index is 0.0234. The van der Waals surface area contributed by atoms with E-state index in [1.165, 1.54) is 0 Å². The van der Waals surface area contributed by atoms with E-state index >= 15 is 0 Å². The van der Waals surface area contributed by atoms with Crippen LogP contribution >= 0.6 is 0 Å². The molecule has 0 aromatic rings. The lowest BCUT2D eigenvalue weighted by atomic mass is 9.65. The van der Waals surface area contributed by atoms with Crippen molar-refractivity contribution in [3.8, 4) is 0 Å². The van der Waals surface area contributed by atoms with E-state index in [2.05, 4.69) is 6.58 Å². The van der Waals surface area contributed by atoms with Crippen LogP contribution in [0.3, 0.4) is 0 Å². The third-order valence-electron chi connectivity index (χ3n) is 4.87. The summed E-state index contributed by atoms with van der Waals surface area (Å²) in [6, 6.07) is 0. The third kappa shape index (κ3) is 8.42. The summed E-state index contributed by atoms with van der Waals surface area (Å²) in [4.78, 5) is 35.3. The average Bonchev–Trinajstić information content (AvgIpc) is 2.51. The zero-order valence-corrected chi connectivity index (χ0v) is 19.1. The molecule has 0 heterocycles. The fraction of sp³-hybridized carbons (Fsp3) is 0.783. The Balaban J connectivity index is 0. The first-order chi connectivity index (χ1) is 11.5. The van der Waals surface area contributed by atoms with Gasteiger partial charge in [-0.3, -0.25) is 14.4 Å². The Bertz CT molecular complexity index is 510. The number of hydrogen-bond acceptors (Lipinski definition) is 3. The molecular formula is C23H42O3. The standard InChI is InChI=1S/C16H30O2.C7H12O/c1-9-16(8,14(18)12(4)5)10-15(6,7)13(17)11(2)3;1-5(2)7(8)6(3)4/h11-12H,9-10H2,1-8H3;6H,1H2,2-4H3. The van der Waals surface area contributed by atoms with E-state index < -0.39 is 5.41 Å². The normalized spacial score (nSPS) is 13.9. The maximum Gasteiger partial charge on any atom is 0.160 e. The fourth-order valence-corrected chi connectivity index (χ4v) is 3.42. The van der Waals surface area contributed by atoms with Crippen LogP contribution in [-0.4, -0.2) is 17.3 Å². The summed E-state index contributed by atoms with van der Waals surface area (Å²) < 4.78 is 0. The first-order valence-electron chi connectivity index (χ1n) is 9.81. The second-order valence-corrected chi connectivity index (χ2v) is 9.31. The van der Waals surface area contributed by atoms with Crippen LogP contribution in [0, 0.1) is 28.6 Å². The van der Waals surface area contributed by atoms with Crippen molar-refractivity contribution in [3.05, 3.63) is 12.2 Å². The molecule has 0 aliphatic carbocycles. The summed E-state index contributed by atoms with van der Waals surface area (Å²) in [5.41, 5.74) is -0.161. The molecule has 1 atom stereocenters. The monoisotopic (exact) mass is 366 g/mol. The molecule has 0 fully saturated rings. The van der Waals surface area contributed by atoms with E-state index in [-0.39, 0.29) is 40.5 Å². The quantitative estimate of drug-likeness (QED) is 0.466. The summed E-state index contributed by atoms with van der Waals surface area (Å²) >= 11 is 0. The van der Waals surface area contributed by atoms with Crippen LogP contribution < -0.4 is 0 Å². The molecule has 0 amide bonds. The summed E-state index contributed by atoms with van der Waals surface area (Å²) in [5, 5.41) is 0. The molecule has 0 rings (SSSR count). The molecule has 0 spiro atoms. The highest BCUT2D eigenvalue weighted by atomic mass is 16.1. The van der Waals surface area contributed by atoms with Crippen molar-refractivity contribution in [2.45, 2.75) is 89.0 Å². The van der Waals surface area contributed by atoms with Crippen molar-refractivity contribution >= 4 is 17.3 Å². The van der Waals surface area contributed by atoms with E-state index in [4.69, 9.17) is 0 Å². The van der Waals surface area contributed by atoms with Gasteiger partial charge in [-0.2, -0.15) is 0 Å². The van der Waals surface area contributed by atoms with Gasteiger partial charge in [0.05, 0.1) is 0 Å². The van der Waals surface area contributed by atoms with Gasteiger partial charge >= 0.3 is 0 Å². The Kier molecular flexibility index (Phi) is 11.2. The van der Waals surface area contributed by atoms with Gasteiger partial charge in [0.25, 0.3) is 0 Å². The third-order valence-corrected chi connectivity index (χ3v) is 4.87. The van der Waals surface area contributed by atoms with Gasteiger partial charge in [0.2, 0.25) is 0 Å². The van der Waals surface area contributed by atoms with Crippen LogP contribution in [0.5, 0.6) is 0 Å². The molecule has 0 aromatic carbocycles. The molecule has 0 saturated carbocycles. The van der Waals surface area contributed by atoms with Crippen molar-refractivity contribution in [2.24, 2.45) is 28.6 Å². The van der Waals surface area contributed by atoms with Crippen LogP contribution in [0.4, 0.5) is 0 Å². The van der Waals surface area contributed by atoms with Gasteiger partial charge in [0, 0.05) is 28.6 Å². The van der Waals surface area contributed by atoms with Gasteiger partial charge in [-0.1, -0.05) is 75.8 Å². The highest BCUT2D eigenvalue weighted by molar-refractivity contribution is 5.95. The van der Waals surface area contributed by atoms with E-state index in [0.29, 0.717) is 12.0 Å². The lowest BCUT2D eigenvalue weighted by Gasteiger charge is -2.37. The van der Waals surface area contributed by atoms with Gasteiger partial charge in [0.1, 0.15) is 11.6 Å². The molecule has 3 nitrogen and oxygen atoms in total. The maximum atomic E-state index is 12.4.